The number of aromatic nitrogens is 2. The van der Waals surface area contributed by atoms with Gasteiger partial charge in [0.1, 0.15) is 34.7 Å². The molecule has 56 heavy (non-hydrogen) atoms. The largest absolute Gasteiger partial charge is 0.445 e. The van der Waals surface area contributed by atoms with Crippen molar-refractivity contribution in [3.05, 3.63) is 92.3 Å². The van der Waals surface area contributed by atoms with Crippen molar-refractivity contribution in [3.63, 3.8) is 0 Å². The van der Waals surface area contributed by atoms with Gasteiger partial charge >= 0.3 is 6.03 Å². The molecule has 14 nitrogen and oxygen atoms in total. The number of imide groups is 1. The molecule has 3 fully saturated rings. The summed E-state index contributed by atoms with van der Waals surface area (Å²) in [5, 5.41) is 30.8. The minimum atomic E-state index is -0.870. The summed E-state index contributed by atoms with van der Waals surface area (Å²) in [6.45, 7) is 7.74. The van der Waals surface area contributed by atoms with E-state index in [2.05, 4.69) is 26.3 Å². The molecule has 3 aliphatic rings. The third-order valence-electron chi connectivity index (χ3n) is 10.3. The number of hydrogen-bond donors (Lipinski definition) is 1. The Balaban J connectivity index is 0.000000180. The third-order valence-corrected chi connectivity index (χ3v) is 11.2. The van der Waals surface area contributed by atoms with E-state index in [1.165, 1.54) is 23.1 Å². The van der Waals surface area contributed by atoms with E-state index in [0.717, 1.165) is 44.3 Å². The van der Waals surface area contributed by atoms with Crippen LogP contribution in [0, 0.1) is 61.7 Å². The number of nitriles is 3. The Morgan fingerprint density at radius 2 is 1.38 bits per heavy atom. The first-order valence-corrected chi connectivity index (χ1v) is 18.7. The average molecular weight is 797 g/mol. The number of aliphatic imine (C=N–C) groups is 1. The van der Waals surface area contributed by atoms with E-state index in [4.69, 9.17) is 42.6 Å². The predicted octanol–water partition coefficient (Wildman–Crippen LogP) is 8.49. The first kappa shape index (κ1) is 41.4. The number of hydrogen-bond acceptors (Lipinski definition) is 12. The minimum Gasteiger partial charge on any atom is -0.445 e. The van der Waals surface area contributed by atoms with Crippen molar-refractivity contribution in [2.75, 3.05) is 4.90 Å². The van der Waals surface area contributed by atoms with Crippen molar-refractivity contribution in [2.45, 2.75) is 103 Å². The van der Waals surface area contributed by atoms with E-state index in [9.17, 15) is 19.6 Å². The van der Waals surface area contributed by atoms with E-state index >= 15 is 0 Å². The van der Waals surface area contributed by atoms with Crippen molar-refractivity contribution in [2.24, 2.45) is 4.99 Å². The van der Waals surface area contributed by atoms with Gasteiger partial charge in [0, 0.05) is 13.8 Å². The molecule has 2 aliphatic carbocycles. The number of amides is 3. The SMILES string of the molecule is Cc1c(N=C=O)ccc(C#N)c1Cl.Cc1ncc(CN2C(=O)N(c3ccc(C#N)c(Cl)c3C)C(=O)C23CCCC3)o1.Cc1ncc(CNC2(C#N)CCCC2)o1. The lowest BCUT2D eigenvalue weighted by Gasteiger charge is -2.30. The average Bonchev–Trinajstić information content (AvgIpc) is 4.05. The van der Waals surface area contributed by atoms with Crippen LogP contribution in [0.25, 0.3) is 0 Å². The van der Waals surface area contributed by atoms with Crippen LogP contribution in [0.1, 0.15) is 96.9 Å². The number of oxazole rings is 2. The lowest BCUT2D eigenvalue weighted by atomic mass is 9.95. The van der Waals surface area contributed by atoms with Crippen LogP contribution in [0.15, 0.2) is 50.5 Å². The van der Waals surface area contributed by atoms with E-state index in [1.807, 2.05) is 19.1 Å². The molecule has 2 saturated carbocycles. The van der Waals surface area contributed by atoms with Crippen LogP contribution in [-0.2, 0) is 22.7 Å². The summed E-state index contributed by atoms with van der Waals surface area (Å²) in [4.78, 5) is 51.2. The molecule has 2 aromatic heterocycles. The Bertz CT molecular complexity index is 2300. The first-order valence-electron chi connectivity index (χ1n) is 17.9. The monoisotopic (exact) mass is 795 g/mol. The van der Waals surface area contributed by atoms with Gasteiger partial charge in [0.25, 0.3) is 5.91 Å². The summed E-state index contributed by atoms with van der Waals surface area (Å²) < 4.78 is 10.9. The van der Waals surface area contributed by atoms with Gasteiger partial charge in [-0.3, -0.25) is 10.1 Å². The second-order valence-electron chi connectivity index (χ2n) is 13.8. The van der Waals surface area contributed by atoms with Crippen LogP contribution in [0.2, 0.25) is 10.0 Å². The fourth-order valence-electron chi connectivity index (χ4n) is 7.21. The molecule has 2 aromatic carbocycles. The molecule has 4 aromatic rings. The van der Waals surface area contributed by atoms with Gasteiger partial charge < -0.3 is 13.7 Å². The summed E-state index contributed by atoms with van der Waals surface area (Å²) in [6, 6.07) is 12.2. The zero-order chi connectivity index (χ0) is 40.6. The predicted molar refractivity (Wildman–Crippen MR) is 205 cm³/mol. The number of urea groups is 1. The van der Waals surface area contributed by atoms with Crippen molar-refractivity contribution in [1.29, 1.82) is 15.8 Å². The lowest BCUT2D eigenvalue weighted by Crippen LogP contribution is -2.46. The van der Waals surface area contributed by atoms with Gasteiger partial charge in [0.05, 0.1) is 64.1 Å². The fourth-order valence-corrected chi connectivity index (χ4v) is 7.61. The van der Waals surface area contributed by atoms with Crippen LogP contribution in [0.3, 0.4) is 0 Å². The molecule has 3 amide bonds. The standard InChI is InChI=1S/C20H19ClN4O3.C11H15N3O.C9H5ClN2O/c1-12-16(6-5-14(9-22)17(12)21)25-18(26)20(7-3-4-8-20)24(19(25)27)11-15-10-23-13(2)28-15;1-9-13-6-10(15-9)7-14-11(8-12)4-2-3-5-11;1-6-8(12-5-13)3-2-7(4-11)9(6)10/h5-6,10H,3-4,7-8,11H2,1-2H3;6,14H,2-5,7H2,1H3;2-3H,1H3. The molecule has 3 heterocycles. The molecule has 0 radical (unpaired) electrons. The van der Waals surface area contributed by atoms with Crippen LogP contribution in [-0.4, -0.2) is 44.0 Å². The molecule has 0 unspecified atom stereocenters. The second kappa shape index (κ2) is 17.8. The van der Waals surface area contributed by atoms with Gasteiger partial charge in [0.15, 0.2) is 11.8 Å². The quantitative estimate of drug-likeness (QED) is 0.107. The topological polar surface area (TPSA) is 206 Å². The Morgan fingerprint density at radius 1 is 0.821 bits per heavy atom. The molecule has 1 spiro atoms. The zero-order valence-corrected chi connectivity index (χ0v) is 32.9. The van der Waals surface area contributed by atoms with E-state index in [-0.39, 0.29) is 23.0 Å². The number of anilines is 1. The van der Waals surface area contributed by atoms with Crippen LogP contribution in [0.5, 0.6) is 0 Å². The summed E-state index contributed by atoms with van der Waals surface area (Å²) in [5.41, 5.74) is 1.50. The van der Waals surface area contributed by atoms with Gasteiger partial charge in [-0.25, -0.2) is 24.5 Å². The molecule has 0 bridgehead atoms. The van der Waals surface area contributed by atoms with Gasteiger partial charge in [-0.05, 0) is 74.9 Å². The fraction of sp³-hybridized carbons (Fsp3) is 0.400. The lowest BCUT2D eigenvalue weighted by molar-refractivity contribution is -0.124. The highest BCUT2D eigenvalue weighted by atomic mass is 35.5. The van der Waals surface area contributed by atoms with Gasteiger partial charge in [-0.15, -0.1) is 0 Å². The number of nitrogens with one attached hydrogen (secondary N) is 1. The minimum absolute atomic E-state index is 0.185. The zero-order valence-electron chi connectivity index (χ0n) is 31.4. The van der Waals surface area contributed by atoms with E-state index in [1.54, 1.807) is 50.2 Å². The summed E-state index contributed by atoms with van der Waals surface area (Å²) >= 11 is 12.1. The molecular weight excluding hydrogens is 757 g/mol. The molecule has 7 rings (SSSR count). The molecule has 16 heteroatoms. The maximum Gasteiger partial charge on any atom is 0.332 e. The van der Waals surface area contributed by atoms with Crippen molar-refractivity contribution in [3.8, 4) is 18.2 Å². The Kier molecular flexibility index (Phi) is 13.1. The molecule has 0 atom stereocenters. The van der Waals surface area contributed by atoms with Crippen LogP contribution >= 0.6 is 23.2 Å². The number of carbonyl (C=O) groups excluding carboxylic acids is 3. The van der Waals surface area contributed by atoms with Crippen LogP contribution in [0.4, 0.5) is 16.2 Å². The number of aryl methyl sites for hydroxylation is 2. The van der Waals surface area contributed by atoms with Crippen molar-refractivity contribution < 1.29 is 23.2 Å². The maximum absolute atomic E-state index is 13.5. The molecular formula is C40H39Cl2N9O5. The number of rotatable bonds is 7. The third kappa shape index (κ3) is 8.53. The molecule has 288 valence electrons. The number of benzene rings is 2. The van der Waals surface area contributed by atoms with Crippen molar-refractivity contribution in [1.82, 2.24) is 20.2 Å². The first-order chi connectivity index (χ1) is 26.8. The number of isocyanates is 1. The maximum atomic E-state index is 13.5. The molecule has 1 saturated heterocycles. The number of halogens is 2. The smallest absolute Gasteiger partial charge is 0.332 e. The van der Waals surface area contributed by atoms with E-state index in [0.29, 0.717) is 75.6 Å². The highest BCUT2D eigenvalue weighted by Crippen LogP contribution is 2.45. The van der Waals surface area contributed by atoms with Crippen molar-refractivity contribution >= 4 is 52.6 Å². The Labute approximate surface area is 334 Å². The number of nitrogens with zero attached hydrogens (tertiary/aromatic N) is 8. The number of carbonyl (C=O) groups is 2. The highest BCUT2D eigenvalue weighted by molar-refractivity contribution is 6.34. The Hall–Kier alpha value is -5.81. The van der Waals surface area contributed by atoms with E-state index < -0.39 is 11.6 Å². The summed E-state index contributed by atoms with van der Waals surface area (Å²) in [7, 11) is 0. The molecule has 1 N–H and O–H groups in total. The Morgan fingerprint density at radius 3 is 1.91 bits per heavy atom. The molecule has 1 aliphatic heterocycles. The second-order valence-corrected chi connectivity index (χ2v) is 14.5. The van der Waals surface area contributed by atoms with Gasteiger partial charge in [-0.2, -0.15) is 20.8 Å². The van der Waals surface area contributed by atoms with Crippen LogP contribution < -0.4 is 10.2 Å². The normalized spacial score (nSPS) is 16.3. The van der Waals surface area contributed by atoms with Gasteiger partial charge in [-0.1, -0.05) is 48.9 Å². The van der Waals surface area contributed by atoms with Gasteiger partial charge in [0.2, 0.25) is 6.08 Å². The summed E-state index contributed by atoms with van der Waals surface area (Å²) in [6.07, 6.45) is 11.9. The highest BCUT2D eigenvalue weighted by Gasteiger charge is 2.59. The summed E-state index contributed by atoms with van der Waals surface area (Å²) in [5.74, 6) is 2.29.